The van der Waals surface area contributed by atoms with Crippen LogP contribution in [0.5, 0.6) is 0 Å². The third-order valence-electron chi connectivity index (χ3n) is 1.64. The second-order valence-corrected chi connectivity index (χ2v) is 3.36. The minimum Gasteiger partial charge on any atom is -0.282 e. The first kappa shape index (κ1) is 10.1. The van der Waals surface area contributed by atoms with Crippen LogP contribution in [0.25, 0.3) is 0 Å². The van der Waals surface area contributed by atoms with Crippen molar-refractivity contribution in [2.45, 2.75) is 26.4 Å². The van der Waals surface area contributed by atoms with Crippen molar-refractivity contribution in [3.8, 4) is 0 Å². The van der Waals surface area contributed by atoms with Crippen LogP contribution in [0.3, 0.4) is 0 Å². The normalized spacial score (nSPS) is 12.5. The van der Waals surface area contributed by atoms with Crippen LogP contribution in [0.15, 0.2) is 6.20 Å². The molecule has 1 rings (SSSR count). The highest BCUT2D eigenvalue weighted by molar-refractivity contribution is 5.20. The van der Waals surface area contributed by atoms with E-state index in [9.17, 15) is 13.2 Å². The maximum absolute atomic E-state index is 12.3. The molecule has 0 saturated heterocycles. The van der Waals surface area contributed by atoms with Gasteiger partial charge >= 0.3 is 6.18 Å². The molecule has 0 atom stereocenters. The summed E-state index contributed by atoms with van der Waals surface area (Å²) in [5.41, 5.74) is -0.483. The molecule has 13 heavy (non-hydrogen) atoms. The summed E-state index contributed by atoms with van der Waals surface area (Å²) in [5, 5.41) is 5.77. The lowest BCUT2D eigenvalue weighted by atomic mass is 10.1. The minimum absolute atomic E-state index is 0.169. The van der Waals surface area contributed by atoms with Crippen LogP contribution in [-0.4, -0.2) is 10.2 Å². The Hall–Kier alpha value is -1.00. The van der Waals surface area contributed by atoms with Crippen LogP contribution in [0, 0.1) is 5.92 Å². The third kappa shape index (κ3) is 2.47. The van der Waals surface area contributed by atoms with E-state index < -0.39 is 11.7 Å². The number of hydrogen-bond donors (Lipinski definition) is 1. The van der Waals surface area contributed by atoms with Gasteiger partial charge in [0.05, 0.1) is 11.8 Å². The van der Waals surface area contributed by atoms with Crippen molar-refractivity contribution < 1.29 is 13.2 Å². The molecule has 0 radical (unpaired) electrons. The topological polar surface area (TPSA) is 28.7 Å². The van der Waals surface area contributed by atoms with E-state index in [1.165, 1.54) is 0 Å². The van der Waals surface area contributed by atoms with Crippen LogP contribution in [0.2, 0.25) is 0 Å². The number of halogens is 3. The molecular formula is C8H11F3N2. The Balaban J connectivity index is 2.90. The second-order valence-electron chi connectivity index (χ2n) is 3.36. The zero-order chi connectivity index (χ0) is 10.1. The van der Waals surface area contributed by atoms with Gasteiger partial charge in [0.1, 0.15) is 0 Å². The molecular weight excluding hydrogens is 181 g/mol. The van der Waals surface area contributed by atoms with Crippen LogP contribution in [0.4, 0.5) is 13.2 Å². The predicted molar refractivity (Wildman–Crippen MR) is 42.1 cm³/mol. The summed E-state index contributed by atoms with van der Waals surface area (Å²) in [5.74, 6) is 0.182. The standard InChI is InChI=1S/C8H11F3N2/c1-5(2)3-7-6(4-12-13-7)8(9,10)11/h4-5H,3H2,1-2H3,(H,12,13). The maximum atomic E-state index is 12.3. The highest BCUT2D eigenvalue weighted by atomic mass is 19.4. The molecule has 0 spiro atoms. The molecule has 0 bridgehead atoms. The zero-order valence-corrected chi connectivity index (χ0v) is 7.44. The molecule has 0 aliphatic heterocycles. The van der Waals surface area contributed by atoms with Gasteiger partial charge in [0.15, 0.2) is 0 Å². The van der Waals surface area contributed by atoms with E-state index in [4.69, 9.17) is 0 Å². The highest BCUT2D eigenvalue weighted by Crippen LogP contribution is 2.31. The molecule has 1 aromatic heterocycles. The van der Waals surface area contributed by atoms with E-state index in [0.717, 1.165) is 6.20 Å². The summed E-state index contributed by atoms with van der Waals surface area (Å²) in [6, 6.07) is 0. The molecule has 0 unspecified atom stereocenters. The lowest BCUT2D eigenvalue weighted by Gasteiger charge is -2.08. The summed E-state index contributed by atoms with van der Waals surface area (Å²) in [6.45, 7) is 3.72. The Morgan fingerprint density at radius 2 is 2.08 bits per heavy atom. The van der Waals surface area contributed by atoms with Crippen molar-refractivity contribution in [3.05, 3.63) is 17.5 Å². The molecule has 0 aliphatic carbocycles. The minimum atomic E-state index is -4.29. The van der Waals surface area contributed by atoms with E-state index in [-0.39, 0.29) is 11.6 Å². The largest absolute Gasteiger partial charge is 0.419 e. The number of hydrogen-bond acceptors (Lipinski definition) is 1. The number of aromatic amines is 1. The average Bonchev–Trinajstić information content (AvgIpc) is 2.31. The van der Waals surface area contributed by atoms with E-state index in [1.54, 1.807) is 0 Å². The Bertz CT molecular complexity index is 275. The van der Waals surface area contributed by atoms with Crippen molar-refractivity contribution in [1.82, 2.24) is 10.2 Å². The fourth-order valence-electron chi connectivity index (χ4n) is 1.12. The molecule has 2 nitrogen and oxygen atoms in total. The molecule has 0 fully saturated rings. The quantitative estimate of drug-likeness (QED) is 0.766. The van der Waals surface area contributed by atoms with Gasteiger partial charge in [-0.05, 0) is 12.3 Å². The number of alkyl halides is 3. The van der Waals surface area contributed by atoms with Gasteiger partial charge in [-0.15, -0.1) is 0 Å². The van der Waals surface area contributed by atoms with Gasteiger partial charge in [0.2, 0.25) is 0 Å². The summed E-state index contributed by atoms with van der Waals surface area (Å²) in [4.78, 5) is 0. The molecule has 74 valence electrons. The predicted octanol–water partition coefficient (Wildman–Crippen LogP) is 2.63. The Kier molecular flexibility index (Phi) is 2.63. The molecule has 1 aromatic rings. The van der Waals surface area contributed by atoms with Crippen LogP contribution in [0.1, 0.15) is 25.1 Å². The number of nitrogens with zero attached hydrogens (tertiary/aromatic N) is 1. The van der Waals surface area contributed by atoms with Gasteiger partial charge in [-0.25, -0.2) is 0 Å². The van der Waals surface area contributed by atoms with Gasteiger partial charge in [-0.2, -0.15) is 18.3 Å². The smallest absolute Gasteiger partial charge is 0.282 e. The van der Waals surface area contributed by atoms with Crippen molar-refractivity contribution in [1.29, 1.82) is 0 Å². The summed E-state index contributed by atoms with van der Waals surface area (Å²) >= 11 is 0. The van der Waals surface area contributed by atoms with Crippen LogP contribution in [-0.2, 0) is 12.6 Å². The average molecular weight is 192 g/mol. The second kappa shape index (κ2) is 3.40. The summed E-state index contributed by atoms with van der Waals surface area (Å²) in [7, 11) is 0. The van der Waals surface area contributed by atoms with Crippen LogP contribution >= 0.6 is 0 Å². The molecule has 0 saturated carbocycles. The lowest BCUT2D eigenvalue weighted by Crippen LogP contribution is -2.08. The zero-order valence-electron chi connectivity index (χ0n) is 7.44. The Morgan fingerprint density at radius 1 is 1.46 bits per heavy atom. The third-order valence-corrected chi connectivity index (χ3v) is 1.64. The number of rotatable bonds is 2. The van der Waals surface area contributed by atoms with Crippen molar-refractivity contribution in [2.75, 3.05) is 0 Å². The highest BCUT2D eigenvalue weighted by Gasteiger charge is 2.34. The van der Waals surface area contributed by atoms with Gasteiger partial charge in [-0.1, -0.05) is 13.8 Å². The van der Waals surface area contributed by atoms with Gasteiger partial charge in [0.25, 0.3) is 0 Å². The first-order valence-electron chi connectivity index (χ1n) is 4.00. The Labute approximate surface area is 74.1 Å². The number of aromatic nitrogens is 2. The molecule has 1 N–H and O–H groups in total. The summed E-state index contributed by atoms with van der Waals surface area (Å²) < 4.78 is 36.8. The lowest BCUT2D eigenvalue weighted by molar-refractivity contribution is -0.138. The SMILES string of the molecule is CC(C)Cc1[nH]ncc1C(F)(F)F. The van der Waals surface area contributed by atoms with Crippen molar-refractivity contribution in [3.63, 3.8) is 0 Å². The Morgan fingerprint density at radius 3 is 2.54 bits per heavy atom. The fourth-order valence-corrected chi connectivity index (χ4v) is 1.12. The van der Waals surface area contributed by atoms with E-state index in [2.05, 4.69) is 10.2 Å². The van der Waals surface area contributed by atoms with Gasteiger partial charge < -0.3 is 0 Å². The van der Waals surface area contributed by atoms with Crippen LogP contribution < -0.4 is 0 Å². The molecule has 0 amide bonds. The van der Waals surface area contributed by atoms with Crippen molar-refractivity contribution in [2.24, 2.45) is 5.92 Å². The first-order chi connectivity index (χ1) is 5.91. The van der Waals surface area contributed by atoms with Crippen molar-refractivity contribution >= 4 is 0 Å². The summed E-state index contributed by atoms with van der Waals surface area (Å²) in [6.07, 6.45) is -3.09. The molecule has 0 aliphatic rings. The van der Waals surface area contributed by atoms with E-state index in [1.807, 2.05) is 13.8 Å². The van der Waals surface area contributed by atoms with E-state index >= 15 is 0 Å². The molecule has 5 heteroatoms. The maximum Gasteiger partial charge on any atom is 0.419 e. The molecule has 0 aromatic carbocycles. The monoisotopic (exact) mass is 192 g/mol. The fraction of sp³-hybridized carbons (Fsp3) is 0.625. The van der Waals surface area contributed by atoms with Gasteiger partial charge in [0, 0.05) is 5.69 Å². The number of nitrogens with one attached hydrogen (secondary N) is 1. The first-order valence-corrected chi connectivity index (χ1v) is 4.00. The molecule has 1 heterocycles. The van der Waals surface area contributed by atoms with Gasteiger partial charge in [-0.3, -0.25) is 5.10 Å². The van der Waals surface area contributed by atoms with E-state index in [0.29, 0.717) is 6.42 Å². The number of H-pyrrole nitrogens is 1.